The highest BCUT2D eigenvalue weighted by atomic mass is 16.2. The van der Waals surface area contributed by atoms with Crippen molar-refractivity contribution >= 4 is 23.3 Å². The van der Waals surface area contributed by atoms with Crippen molar-refractivity contribution < 1.29 is 9.59 Å². The van der Waals surface area contributed by atoms with E-state index in [1.807, 2.05) is 52.3 Å². The molecule has 2 heterocycles. The van der Waals surface area contributed by atoms with E-state index in [0.717, 1.165) is 56.9 Å². The summed E-state index contributed by atoms with van der Waals surface area (Å²) in [7, 11) is 2.06. The first-order valence-corrected chi connectivity index (χ1v) is 11.5. The van der Waals surface area contributed by atoms with Crippen molar-refractivity contribution in [2.75, 3.05) is 63.1 Å². The van der Waals surface area contributed by atoms with Gasteiger partial charge in [0.05, 0.1) is 6.54 Å². The van der Waals surface area contributed by atoms with E-state index in [0.29, 0.717) is 19.6 Å². The van der Waals surface area contributed by atoms with Crippen LogP contribution in [0.1, 0.15) is 18.4 Å². The lowest BCUT2D eigenvalue weighted by atomic mass is 10.2. The first-order chi connectivity index (χ1) is 15.6. The van der Waals surface area contributed by atoms with Crippen molar-refractivity contribution in [1.82, 2.24) is 14.7 Å². The van der Waals surface area contributed by atoms with Gasteiger partial charge in [0, 0.05) is 64.2 Å². The summed E-state index contributed by atoms with van der Waals surface area (Å²) in [6.45, 7) is 5.81. The summed E-state index contributed by atoms with van der Waals surface area (Å²) in [5.41, 5.74) is 3.15. The normalized spacial score (nSPS) is 16.8. The lowest BCUT2D eigenvalue weighted by molar-refractivity contribution is -0.131. The second-order valence-electron chi connectivity index (χ2n) is 8.67. The molecule has 0 unspecified atom stereocenters. The van der Waals surface area contributed by atoms with Crippen LogP contribution in [0.5, 0.6) is 0 Å². The van der Waals surface area contributed by atoms with E-state index in [2.05, 4.69) is 34.3 Å². The van der Waals surface area contributed by atoms with Crippen molar-refractivity contribution in [1.29, 1.82) is 0 Å². The fourth-order valence-corrected chi connectivity index (χ4v) is 4.32. The van der Waals surface area contributed by atoms with Gasteiger partial charge in [0.25, 0.3) is 0 Å². The zero-order chi connectivity index (χ0) is 22.3. The van der Waals surface area contributed by atoms with Crippen molar-refractivity contribution in [3.05, 3.63) is 60.2 Å². The topological polar surface area (TPSA) is 59.1 Å². The monoisotopic (exact) mass is 435 g/mol. The zero-order valence-corrected chi connectivity index (χ0v) is 18.9. The van der Waals surface area contributed by atoms with E-state index in [9.17, 15) is 9.59 Å². The first kappa shape index (κ1) is 22.1. The van der Waals surface area contributed by atoms with Crippen LogP contribution < -0.4 is 10.2 Å². The van der Waals surface area contributed by atoms with Gasteiger partial charge in [-0.1, -0.05) is 30.3 Å². The minimum atomic E-state index is -0.0825. The van der Waals surface area contributed by atoms with Crippen molar-refractivity contribution in [2.45, 2.75) is 19.4 Å². The maximum Gasteiger partial charge on any atom is 0.321 e. The van der Waals surface area contributed by atoms with Gasteiger partial charge in [0.2, 0.25) is 5.91 Å². The van der Waals surface area contributed by atoms with E-state index in [1.54, 1.807) is 0 Å². The van der Waals surface area contributed by atoms with Crippen molar-refractivity contribution in [2.24, 2.45) is 0 Å². The zero-order valence-electron chi connectivity index (χ0n) is 18.9. The summed E-state index contributed by atoms with van der Waals surface area (Å²) in [6, 6.07) is 18.2. The van der Waals surface area contributed by atoms with Gasteiger partial charge >= 0.3 is 6.03 Å². The van der Waals surface area contributed by atoms with E-state index >= 15 is 0 Å². The van der Waals surface area contributed by atoms with Crippen LogP contribution in [0.15, 0.2) is 54.6 Å². The second kappa shape index (κ2) is 10.5. The lowest BCUT2D eigenvalue weighted by Crippen LogP contribution is -2.52. The summed E-state index contributed by atoms with van der Waals surface area (Å²) in [6.07, 6.45) is 2.23. The predicted octanol–water partition coefficient (Wildman–Crippen LogP) is 3.09. The van der Waals surface area contributed by atoms with Crippen LogP contribution in [-0.2, 0) is 11.3 Å². The number of hydrogen-bond donors (Lipinski definition) is 1. The number of rotatable bonds is 6. The van der Waals surface area contributed by atoms with Gasteiger partial charge in [-0.25, -0.2) is 4.79 Å². The molecule has 0 aliphatic carbocycles. The Morgan fingerprint density at radius 2 is 1.50 bits per heavy atom. The number of amides is 3. The van der Waals surface area contributed by atoms with Crippen LogP contribution in [0, 0.1) is 0 Å². The van der Waals surface area contributed by atoms with Gasteiger partial charge in [-0.2, -0.15) is 0 Å². The Morgan fingerprint density at radius 3 is 2.16 bits per heavy atom. The van der Waals surface area contributed by atoms with E-state index in [4.69, 9.17) is 0 Å². The highest BCUT2D eigenvalue weighted by Gasteiger charge is 2.25. The minimum absolute atomic E-state index is 0.0825. The third-order valence-electron chi connectivity index (χ3n) is 6.30. The number of benzene rings is 2. The largest absolute Gasteiger partial charge is 0.370 e. The molecule has 32 heavy (non-hydrogen) atoms. The number of hydrogen-bond acceptors (Lipinski definition) is 4. The average Bonchev–Trinajstić information content (AvgIpc) is 3.36. The molecule has 0 bridgehead atoms. The summed E-state index contributed by atoms with van der Waals surface area (Å²) in [5, 5.41) is 3.00. The molecule has 7 heteroatoms. The molecule has 7 nitrogen and oxygen atoms in total. The number of nitrogens with zero attached hydrogens (tertiary/aromatic N) is 4. The van der Waals surface area contributed by atoms with Gasteiger partial charge in [-0.15, -0.1) is 0 Å². The maximum absolute atomic E-state index is 12.7. The SMILES string of the molecule is CN(Cc1ccccc1)c1ccc(NC(=O)N2CCN(CC(=O)N3CCCC3)CC2)cc1. The Hall–Kier alpha value is -3.06. The third kappa shape index (κ3) is 5.79. The average molecular weight is 436 g/mol. The molecule has 2 aliphatic heterocycles. The van der Waals surface area contributed by atoms with E-state index in [1.165, 1.54) is 5.56 Å². The molecule has 170 valence electrons. The highest BCUT2D eigenvalue weighted by molar-refractivity contribution is 5.89. The number of urea groups is 1. The molecular weight excluding hydrogens is 402 g/mol. The van der Waals surface area contributed by atoms with Crippen LogP contribution in [0.3, 0.4) is 0 Å². The fraction of sp³-hybridized carbons (Fsp3) is 0.440. The summed E-state index contributed by atoms with van der Waals surface area (Å²) in [4.78, 5) is 33.1. The molecule has 2 aliphatic rings. The molecule has 1 N–H and O–H groups in total. The molecule has 0 radical (unpaired) electrons. The fourth-order valence-electron chi connectivity index (χ4n) is 4.32. The predicted molar refractivity (Wildman–Crippen MR) is 128 cm³/mol. The number of carbonyl (C=O) groups is 2. The quantitative estimate of drug-likeness (QED) is 0.758. The molecule has 0 spiro atoms. The van der Waals surface area contributed by atoms with Gasteiger partial charge in [-0.3, -0.25) is 9.69 Å². The van der Waals surface area contributed by atoms with Crippen LogP contribution in [0.25, 0.3) is 0 Å². The maximum atomic E-state index is 12.7. The number of piperazine rings is 1. The first-order valence-electron chi connectivity index (χ1n) is 11.5. The Morgan fingerprint density at radius 1 is 0.844 bits per heavy atom. The standard InChI is InChI=1S/C25H33N5O2/c1-27(19-21-7-3-2-4-8-21)23-11-9-22(10-12-23)26-25(32)30-17-15-28(16-18-30)20-24(31)29-13-5-6-14-29/h2-4,7-12H,5-6,13-20H2,1H3,(H,26,32). The molecule has 0 atom stereocenters. The number of nitrogens with one attached hydrogen (secondary N) is 1. The molecule has 2 aromatic carbocycles. The molecule has 0 saturated carbocycles. The number of carbonyl (C=O) groups excluding carboxylic acids is 2. The second-order valence-corrected chi connectivity index (χ2v) is 8.67. The minimum Gasteiger partial charge on any atom is -0.370 e. The van der Waals surface area contributed by atoms with Gasteiger partial charge in [0.1, 0.15) is 0 Å². The van der Waals surface area contributed by atoms with E-state index in [-0.39, 0.29) is 11.9 Å². The Balaban J connectivity index is 1.22. The molecule has 3 amide bonds. The molecule has 2 fully saturated rings. The van der Waals surface area contributed by atoms with Gasteiger partial charge in [-0.05, 0) is 42.7 Å². The highest BCUT2D eigenvalue weighted by Crippen LogP contribution is 2.19. The third-order valence-corrected chi connectivity index (χ3v) is 6.30. The summed E-state index contributed by atoms with van der Waals surface area (Å²) >= 11 is 0. The summed E-state index contributed by atoms with van der Waals surface area (Å²) < 4.78 is 0. The van der Waals surface area contributed by atoms with Gasteiger partial charge < -0.3 is 20.0 Å². The Kier molecular flexibility index (Phi) is 7.27. The van der Waals surface area contributed by atoms with Crippen LogP contribution >= 0.6 is 0 Å². The van der Waals surface area contributed by atoms with Crippen LogP contribution in [0.2, 0.25) is 0 Å². The van der Waals surface area contributed by atoms with Crippen LogP contribution in [-0.4, -0.2) is 79.5 Å². The smallest absolute Gasteiger partial charge is 0.321 e. The van der Waals surface area contributed by atoms with Crippen molar-refractivity contribution in [3.8, 4) is 0 Å². The van der Waals surface area contributed by atoms with E-state index < -0.39 is 0 Å². The molecule has 2 aromatic rings. The van der Waals surface area contributed by atoms with Crippen LogP contribution in [0.4, 0.5) is 16.2 Å². The lowest BCUT2D eigenvalue weighted by Gasteiger charge is -2.35. The molecular formula is C25H33N5O2. The Labute approximate surface area is 190 Å². The summed E-state index contributed by atoms with van der Waals surface area (Å²) in [5.74, 6) is 0.220. The number of anilines is 2. The van der Waals surface area contributed by atoms with Gasteiger partial charge in [0.15, 0.2) is 0 Å². The molecule has 4 rings (SSSR count). The Bertz CT molecular complexity index is 888. The molecule has 2 saturated heterocycles. The number of likely N-dealkylation sites (tertiary alicyclic amines) is 1. The van der Waals surface area contributed by atoms with Crippen molar-refractivity contribution in [3.63, 3.8) is 0 Å². The molecule has 0 aromatic heterocycles.